The molecule has 1 aromatic heterocycles. The first-order chi connectivity index (χ1) is 12.5. The van der Waals surface area contributed by atoms with E-state index in [4.69, 9.17) is 4.52 Å². The maximum atomic E-state index is 13.2. The minimum Gasteiger partial charge on any atom is -0.475 e. The van der Waals surface area contributed by atoms with Crippen molar-refractivity contribution >= 4 is 11.9 Å². The molecule has 6 nitrogen and oxygen atoms in total. The van der Waals surface area contributed by atoms with E-state index >= 15 is 0 Å². The number of nitrogens with zero attached hydrogens (tertiary/aromatic N) is 1. The molecule has 1 amide bonds. The summed E-state index contributed by atoms with van der Waals surface area (Å²) in [6, 6.07) is 4.93. The van der Waals surface area contributed by atoms with Crippen LogP contribution in [-0.2, 0) is 4.79 Å². The highest BCUT2D eigenvalue weighted by atomic mass is 19.1. The van der Waals surface area contributed by atoms with Gasteiger partial charge in [-0.15, -0.1) is 0 Å². The highest BCUT2D eigenvalue weighted by molar-refractivity contribution is 5.89. The van der Waals surface area contributed by atoms with Crippen molar-refractivity contribution in [2.75, 3.05) is 0 Å². The first-order valence-electron chi connectivity index (χ1n) is 8.76. The summed E-state index contributed by atoms with van der Waals surface area (Å²) >= 11 is 0. The maximum Gasteiger partial charge on any atom is 0.375 e. The summed E-state index contributed by atoms with van der Waals surface area (Å²) in [7, 11) is 0. The van der Waals surface area contributed by atoms with Crippen LogP contribution in [0.25, 0.3) is 11.3 Å². The standard InChI is InChI=1S/C19H21FN2O4/c1-11(21-18(23)13-5-3-2-4-6-13)15-16(22-26-17(15)19(24)25)12-7-9-14(20)10-8-12/h7-11,13H,2-6H2,1H3,(H,21,23)(H,24,25). The molecule has 1 aromatic carbocycles. The third kappa shape index (κ3) is 3.76. The molecule has 0 aliphatic heterocycles. The van der Waals surface area contributed by atoms with Crippen molar-refractivity contribution in [3.8, 4) is 11.3 Å². The number of carboxylic acid groups (broad SMARTS) is 1. The summed E-state index contributed by atoms with van der Waals surface area (Å²) in [5, 5.41) is 16.1. The van der Waals surface area contributed by atoms with Crippen LogP contribution in [0.1, 0.15) is 61.2 Å². The topological polar surface area (TPSA) is 92.4 Å². The smallest absolute Gasteiger partial charge is 0.375 e. The zero-order valence-corrected chi connectivity index (χ0v) is 14.5. The molecule has 26 heavy (non-hydrogen) atoms. The molecular weight excluding hydrogens is 339 g/mol. The van der Waals surface area contributed by atoms with Gasteiger partial charge in [0.05, 0.1) is 11.6 Å². The molecule has 138 valence electrons. The Balaban J connectivity index is 1.88. The SMILES string of the molecule is CC(NC(=O)C1CCCCC1)c1c(-c2ccc(F)cc2)noc1C(=O)O. The number of aromatic carboxylic acids is 1. The summed E-state index contributed by atoms with van der Waals surface area (Å²) in [5.74, 6) is -2.12. The molecule has 2 N–H and O–H groups in total. The van der Waals surface area contributed by atoms with Gasteiger partial charge in [0, 0.05) is 11.5 Å². The van der Waals surface area contributed by atoms with Gasteiger partial charge >= 0.3 is 5.97 Å². The number of nitrogens with one attached hydrogen (secondary N) is 1. The van der Waals surface area contributed by atoms with Crippen molar-refractivity contribution in [3.05, 3.63) is 41.4 Å². The second-order valence-corrected chi connectivity index (χ2v) is 6.65. The average molecular weight is 360 g/mol. The van der Waals surface area contributed by atoms with Gasteiger partial charge in [0.1, 0.15) is 11.5 Å². The van der Waals surface area contributed by atoms with Gasteiger partial charge in [-0.3, -0.25) is 4.79 Å². The number of amides is 1. The molecule has 1 unspecified atom stereocenters. The quantitative estimate of drug-likeness (QED) is 0.843. The second kappa shape index (κ2) is 7.68. The number of carbonyl (C=O) groups excluding carboxylic acids is 1. The van der Waals surface area contributed by atoms with Crippen LogP contribution < -0.4 is 5.32 Å². The Kier molecular flexibility index (Phi) is 5.35. The summed E-state index contributed by atoms with van der Waals surface area (Å²) < 4.78 is 18.2. The molecule has 1 fully saturated rings. The number of rotatable bonds is 5. The molecule has 1 aliphatic rings. The van der Waals surface area contributed by atoms with E-state index < -0.39 is 17.8 Å². The molecule has 0 radical (unpaired) electrons. The fraction of sp³-hybridized carbons (Fsp3) is 0.421. The van der Waals surface area contributed by atoms with Gasteiger partial charge in [-0.1, -0.05) is 24.4 Å². The number of hydrogen-bond acceptors (Lipinski definition) is 4. The molecule has 1 saturated carbocycles. The van der Waals surface area contributed by atoms with Crippen LogP contribution in [0, 0.1) is 11.7 Å². The van der Waals surface area contributed by atoms with E-state index in [1.807, 2.05) is 0 Å². The maximum absolute atomic E-state index is 13.2. The van der Waals surface area contributed by atoms with Crippen molar-refractivity contribution in [3.63, 3.8) is 0 Å². The molecule has 1 heterocycles. The van der Waals surface area contributed by atoms with E-state index in [0.29, 0.717) is 11.3 Å². The predicted molar refractivity (Wildman–Crippen MR) is 92.0 cm³/mol. The van der Waals surface area contributed by atoms with Crippen LogP contribution in [0.3, 0.4) is 0 Å². The van der Waals surface area contributed by atoms with E-state index in [-0.39, 0.29) is 23.1 Å². The Labute approximate surface area is 150 Å². The molecule has 2 aromatic rings. The van der Waals surface area contributed by atoms with Crippen LogP contribution in [0.15, 0.2) is 28.8 Å². The molecule has 0 bridgehead atoms. The van der Waals surface area contributed by atoms with E-state index in [1.54, 1.807) is 6.92 Å². The number of halogens is 1. The van der Waals surface area contributed by atoms with Crippen molar-refractivity contribution in [2.45, 2.75) is 45.1 Å². The second-order valence-electron chi connectivity index (χ2n) is 6.65. The van der Waals surface area contributed by atoms with Crippen molar-refractivity contribution in [1.29, 1.82) is 0 Å². The van der Waals surface area contributed by atoms with Crippen LogP contribution in [0.2, 0.25) is 0 Å². The number of hydrogen-bond donors (Lipinski definition) is 2. The fourth-order valence-corrected chi connectivity index (χ4v) is 3.44. The number of aromatic nitrogens is 1. The minimum absolute atomic E-state index is 0.0476. The van der Waals surface area contributed by atoms with E-state index in [0.717, 1.165) is 32.1 Å². The fourth-order valence-electron chi connectivity index (χ4n) is 3.44. The van der Waals surface area contributed by atoms with Crippen molar-refractivity contribution in [2.24, 2.45) is 5.92 Å². The molecule has 7 heteroatoms. The van der Waals surface area contributed by atoms with Gasteiger partial charge in [0.15, 0.2) is 0 Å². The minimum atomic E-state index is -1.26. The Morgan fingerprint density at radius 1 is 1.23 bits per heavy atom. The average Bonchev–Trinajstić information content (AvgIpc) is 3.08. The Morgan fingerprint density at radius 3 is 2.50 bits per heavy atom. The van der Waals surface area contributed by atoms with Gasteiger partial charge in [0.2, 0.25) is 11.7 Å². The highest BCUT2D eigenvalue weighted by Gasteiger charge is 2.30. The lowest BCUT2D eigenvalue weighted by Gasteiger charge is -2.23. The summed E-state index contributed by atoms with van der Waals surface area (Å²) in [6.07, 6.45) is 4.89. The Hall–Kier alpha value is -2.70. The molecule has 0 saturated heterocycles. The van der Waals surface area contributed by atoms with Crippen LogP contribution >= 0.6 is 0 Å². The first kappa shape index (κ1) is 18.1. The summed E-state index contributed by atoms with van der Waals surface area (Å²) in [6.45, 7) is 1.70. The number of benzene rings is 1. The zero-order valence-electron chi connectivity index (χ0n) is 14.5. The van der Waals surface area contributed by atoms with Gasteiger partial charge in [-0.25, -0.2) is 9.18 Å². The number of carbonyl (C=O) groups is 2. The van der Waals surface area contributed by atoms with E-state index in [1.165, 1.54) is 24.3 Å². The summed E-state index contributed by atoms with van der Waals surface area (Å²) in [5.41, 5.74) is 1.10. The predicted octanol–water partition coefficient (Wildman–Crippen LogP) is 3.94. The highest BCUT2D eigenvalue weighted by Crippen LogP contribution is 2.32. The zero-order chi connectivity index (χ0) is 18.7. The van der Waals surface area contributed by atoms with Gasteiger partial charge in [0.25, 0.3) is 0 Å². The molecular formula is C19H21FN2O4. The molecule has 3 rings (SSSR count). The van der Waals surface area contributed by atoms with Gasteiger partial charge < -0.3 is 14.9 Å². The first-order valence-corrected chi connectivity index (χ1v) is 8.76. The third-order valence-electron chi connectivity index (χ3n) is 4.81. The lowest BCUT2D eigenvalue weighted by Crippen LogP contribution is -2.34. The molecule has 1 aliphatic carbocycles. The largest absolute Gasteiger partial charge is 0.475 e. The lowest BCUT2D eigenvalue weighted by molar-refractivity contribution is -0.126. The van der Waals surface area contributed by atoms with Crippen LogP contribution in [0.5, 0.6) is 0 Å². The van der Waals surface area contributed by atoms with E-state index in [9.17, 15) is 19.1 Å². The number of carboxylic acids is 1. The third-order valence-corrected chi connectivity index (χ3v) is 4.81. The molecule has 0 spiro atoms. The van der Waals surface area contributed by atoms with Crippen molar-refractivity contribution < 1.29 is 23.6 Å². The van der Waals surface area contributed by atoms with Crippen molar-refractivity contribution in [1.82, 2.24) is 10.5 Å². The van der Waals surface area contributed by atoms with Crippen LogP contribution in [-0.4, -0.2) is 22.1 Å². The van der Waals surface area contributed by atoms with E-state index in [2.05, 4.69) is 10.5 Å². The monoisotopic (exact) mass is 360 g/mol. The van der Waals surface area contributed by atoms with Crippen LogP contribution in [0.4, 0.5) is 4.39 Å². The lowest BCUT2D eigenvalue weighted by atomic mass is 9.88. The Bertz CT molecular complexity index is 794. The normalized spacial score (nSPS) is 16.2. The molecule has 1 atom stereocenters. The van der Waals surface area contributed by atoms with Gasteiger partial charge in [-0.05, 0) is 44.0 Å². The summed E-state index contributed by atoms with van der Waals surface area (Å²) in [4.78, 5) is 24.0. The Morgan fingerprint density at radius 2 is 1.88 bits per heavy atom. The van der Waals surface area contributed by atoms with Gasteiger partial charge in [-0.2, -0.15) is 0 Å².